The molecule has 2 heterocycles. The molecule has 0 spiro atoms. The van der Waals surface area contributed by atoms with Crippen LogP contribution in [0.15, 0.2) is 22.6 Å². The molecule has 7 nitrogen and oxygen atoms in total. The number of nitrogens with one attached hydrogen (secondary N) is 2. The molecule has 0 amide bonds. The number of halogens is 1. The number of anilines is 1. The number of benzene rings is 1. The van der Waals surface area contributed by atoms with E-state index < -0.39 is 10.1 Å². The van der Waals surface area contributed by atoms with Crippen LogP contribution in [0.4, 0.5) is 6.01 Å². The van der Waals surface area contributed by atoms with E-state index in [1.807, 2.05) is 0 Å². The van der Waals surface area contributed by atoms with Crippen LogP contribution in [0, 0.1) is 0 Å². The van der Waals surface area contributed by atoms with E-state index in [0.29, 0.717) is 23.2 Å². The van der Waals surface area contributed by atoms with Crippen LogP contribution in [-0.2, 0) is 10.1 Å². The number of nitrogens with zero attached hydrogens (tertiary/aromatic N) is 1. The van der Waals surface area contributed by atoms with Gasteiger partial charge in [-0.05, 0) is 38.1 Å². The summed E-state index contributed by atoms with van der Waals surface area (Å²) in [6, 6.07) is 5.53. The van der Waals surface area contributed by atoms with Crippen LogP contribution >= 0.6 is 12.4 Å². The van der Waals surface area contributed by atoms with Gasteiger partial charge in [-0.25, -0.2) is 0 Å². The van der Waals surface area contributed by atoms with E-state index in [1.165, 1.54) is 0 Å². The van der Waals surface area contributed by atoms with Crippen LogP contribution in [0.3, 0.4) is 0 Å². The van der Waals surface area contributed by atoms with Gasteiger partial charge in [-0.3, -0.25) is 0 Å². The first-order valence-corrected chi connectivity index (χ1v) is 8.58. The second-order valence-corrected chi connectivity index (χ2v) is 6.68. The van der Waals surface area contributed by atoms with Gasteiger partial charge in [0.05, 0.1) is 6.26 Å². The summed E-state index contributed by atoms with van der Waals surface area (Å²) < 4.78 is 32.7. The van der Waals surface area contributed by atoms with E-state index in [9.17, 15) is 8.42 Å². The summed E-state index contributed by atoms with van der Waals surface area (Å²) in [7, 11) is -3.54. The summed E-state index contributed by atoms with van der Waals surface area (Å²) >= 11 is 0. The second kappa shape index (κ2) is 6.72. The van der Waals surface area contributed by atoms with Gasteiger partial charge in [-0.15, -0.1) is 12.4 Å². The van der Waals surface area contributed by atoms with Crippen LogP contribution in [0.25, 0.3) is 11.1 Å². The average Bonchev–Trinajstić information content (AvgIpc) is 2.79. The molecule has 1 fully saturated rings. The zero-order valence-corrected chi connectivity index (χ0v) is 13.7. The van der Waals surface area contributed by atoms with Gasteiger partial charge in [0, 0.05) is 12.1 Å². The molecule has 3 rings (SSSR count). The number of oxazole rings is 1. The van der Waals surface area contributed by atoms with Gasteiger partial charge in [0.15, 0.2) is 5.58 Å². The molecule has 0 bridgehead atoms. The SMILES string of the molecule is CS(=O)(=O)Oc1ccc2oc(NC3CCNCC3)nc2c1.Cl. The van der Waals surface area contributed by atoms with Gasteiger partial charge >= 0.3 is 10.1 Å². The lowest BCUT2D eigenvalue weighted by Gasteiger charge is -2.22. The van der Waals surface area contributed by atoms with Gasteiger partial charge < -0.3 is 19.2 Å². The molecule has 2 aromatic rings. The minimum absolute atomic E-state index is 0. The smallest absolute Gasteiger partial charge is 0.306 e. The van der Waals surface area contributed by atoms with Gasteiger partial charge in [0.2, 0.25) is 0 Å². The summed E-state index contributed by atoms with van der Waals surface area (Å²) in [5.74, 6) is 0.228. The molecule has 1 aromatic heterocycles. The summed E-state index contributed by atoms with van der Waals surface area (Å²) in [5.41, 5.74) is 1.15. The quantitative estimate of drug-likeness (QED) is 0.814. The normalized spacial score (nSPS) is 16.2. The first-order chi connectivity index (χ1) is 9.99. The van der Waals surface area contributed by atoms with E-state index in [-0.39, 0.29) is 18.2 Å². The Hall–Kier alpha value is -1.51. The topological polar surface area (TPSA) is 93.5 Å². The zero-order chi connectivity index (χ0) is 14.9. The summed E-state index contributed by atoms with van der Waals surface area (Å²) in [6.45, 7) is 1.95. The van der Waals surface area contributed by atoms with E-state index >= 15 is 0 Å². The Morgan fingerprint density at radius 2 is 2.09 bits per heavy atom. The molecule has 1 aromatic carbocycles. The van der Waals surface area contributed by atoms with E-state index in [0.717, 1.165) is 32.2 Å². The van der Waals surface area contributed by atoms with E-state index in [1.54, 1.807) is 18.2 Å². The first kappa shape index (κ1) is 16.9. The molecule has 1 aliphatic heterocycles. The predicted octanol–water partition coefficient (Wildman–Crippen LogP) is 1.75. The molecule has 0 aliphatic carbocycles. The molecule has 1 aliphatic rings. The molecule has 1 saturated heterocycles. The minimum Gasteiger partial charge on any atom is -0.424 e. The highest BCUT2D eigenvalue weighted by Crippen LogP contribution is 2.25. The van der Waals surface area contributed by atoms with Crippen LogP contribution in [0.1, 0.15) is 12.8 Å². The number of rotatable bonds is 4. The van der Waals surface area contributed by atoms with Crippen LogP contribution in [0.5, 0.6) is 5.75 Å². The standard InChI is InChI=1S/C13H17N3O4S.ClH/c1-21(17,18)20-10-2-3-12-11(8-10)16-13(19-12)15-9-4-6-14-7-5-9;/h2-3,8-9,14H,4-7H2,1H3,(H,15,16);1H. The number of hydrogen-bond donors (Lipinski definition) is 2. The predicted molar refractivity (Wildman–Crippen MR) is 86.2 cm³/mol. The van der Waals surface area contributed by atoms with E-state index in [2.05, 4.69) is 15.6 Å². The van der Waals surface area contributed by atoms with Crippen molar-refractivity contribution in [1.82, 2.24) is 10.3 Å². The number of hydrogen-bond acceptors (Lipinski definition) is 7. The van der Waals surface area contributed by atoms with Crippen molar-refractivity contribution in [2.24, 2.45) is 0 Å². The first-order valence-electron chi connectivity index (χ1n) is 6.77. The Labute approximate surface area is 135 Å². The van der Waals surface area contributed by atoms with Crippen LogP contribution < -0.4 is 14.8 Å². The van der Waals surface area contributed by atoms with Crippen molar-refractivity contribution >= 4 is 39.6 Å². The summed E-state index contributed by atoms with van der Waals surface area (Å²) in [4.78, 5) is 4.32. The Morgan fingerprint density at radius 1 is 1.36 bits per heavy atom. The van der Waals surface area contributed by atoms with E-state index in [4.69, 9.17) is 8.60 Å². The number of aromatic nitrogens is 1. The maximum Gasteiger partial charge on any atom is 0.306 e. The molecule has 0 unspecified atom stereocenters. The van der Waals surface area contributed by atoms with Crippen molar-refractivity contribution in [1.29, 1.82) is 0 Å². The highest BCUT2D eigenvalue weighted by molar-refractivity contribution is 7.86. The maximum atomic E-state index is 11.1. The number of fused-ring (bicyclic) bond motifs is 1. The van der Waals surface area contributed by atoms with Gasteiger partial charge in [-0.2, -0.15) is 13.4 Å². The number of piperidine rings is 1. The maximum absolute atomic E-state index is 11.1. The average molecular weight is 348 g/mol. The van der Waals surface area contributed by atoms with Crippen molar-refractivity contribution in [3.05, 3.63) is 18.2 Å². The van der Waals surface area contributed by atoms with Crippen LogP contribution in [-0.4, -0.2) is 38.8 Å². The summed E-state index contributed by atoms with van der Waals surface area (Å²) in [5, 5.41) is 6.55. The van der Waals surface area contributed by atoms with Crippen molar-refractivity contribution in [2.75, 3.05) is 24.7 Å². The van der Waals surface area contributed by atoms with Crippen molar-refractivity contribution in [3.8, 4) is 5.75 Å². The van der Waals surface area contributed by atoms with Crippen molar-refractivity contribution in [2.45, 2.75) is 18.9 Å². The third-order valence-corrected chi connectivity index (χ3v) is 3.77. The van der Waals surface area contributed by atoms with Gasteiger partial charge in [-0.1, -0.05) is 0 Å². The minimum atomic E-state index is -3.54. The third kappa shape index (κ3) is 4.25. The van der Waals surface area contributed by atoms with Gasteiger partial charge in [0.1, 0.15) is 11.3 Å². The van der Waals surface area contributed by atoms with Crippen molar-refractivity contribution < 1.29 is 17.0 Å². The monoisotopic (exact) mass is 347 g/mol. The third-order valence-electron chi connectivity index (χ3n) is 3.27. The Kier molecular flexibility index (Phi) is 5.15. The fraction of sp³-hybridized carbons (Fsp3) is 0.462. The molecule has 0 saturated carbocycles. The molecule has 0 radical (unpaired) electrons. The fourth-order valence-electron chi connectivity index (χ4n) is 2.34. The zero-order valence-electron chi connectivity index (χ0n) is 12.0. The Bertz CT molecular complexity index is 741. The lowest BCUT2D eigenvalue weighted by Crippen LogP contribution is -2.35. The molecular formula is C13H18ClN3O4S. The molecule has 122 valence electrons. The fourth-order valence-corrected chi connectivity index (χ4v) is 2.79. The molecule has 2 N–H and O–H groups in total. The molecule has 22 heavy (non-hydrogen) atoms. The highest BCUT2D eigenvalue weighted by atomic mass is 35.5. The Balaban J connectivity index is 0.00000176. The summed E-state index contributed by atoms with van der Waals surface area (Å²) in [6.07, 6.45) is 3.03. The van der Waals surface area contributed by atoms with Crippen molar-refractivity contribution in [3.63, 3.8) is 0 Å². The lowest BCUT2D eigenvalue weighted by atomic mass is 10.1. The highest BCUT2D eigenvalue weighted by Gasteiger charge is 2.16. The van der Waals surface area contributed by atoms with Crippen LogP contribution in [0.2, 0.25) is 0 Å². The molecular weight excluding hydrogens is 330 g/mol. The molecule has 9 heteroatoms. The van der Waals surface area contributed by atoms with Gasteiger partial charge in [0.25, 0.3) is 6.01 Å². The second-order valence-electron chi connectivity index (χ2n) is 5.10. The Morgan fingerprint density at radius 3 is 2.77 bits per heavy atom. The largest absolute Gasteiger partial charge is 0.424 e. The lowest BCUT2D eigenvalue weighted by molar-refractivity contribution is 0.466. The molecule has 0 atom stereocenters.